The maximum Gasteiger partial charge on any atom is 0.186 e. The topological polar surface area (TPSA) is 268 Å². The standard InChI is InChI=1S/C18H37N5O9/c19-3-9-8(25)2-7(22)17(29-9)31-15-5(20)1-6(21)16(14(15)28)32-18-13(27)11(23)12(26)10(4-24)30-18/h5-18,24-28H,1-4,19-23H2/t5-,6+,7+,8-,9-,10-,11+,12+,13+,14-,15+,16+,17+,18+/m0/s1. The molecule has 32 heavy (non-hydrogen) atoms. The predicted octanol–water partition coefficient (Wildman–Crippen LogP) is -6.30. The average molecular weight is 468 g/mol. The Hall–Kier alpha value is -0.560. The largest absolute Gasteiger partial charge is 0.394 e. The van der Waals surface area contributed by atoms with E-state index in [2.05, 4.69) is 0 Å². The van der Waals surface area contributed by atoms with Gasteiger partial charge in [0.25, 0.3) is 0 Å². The molecule has 2 saturated heterocycles. The van der Waals surface area contributed by atoms with Crippen molar-refractivity contribution >= 4 is 0 Å². The van der Waals surface area contributed by atoms with E-state index >= 15 is 0 Å². The molecule has 0 aromatic carbocycles. The van der Waals surface area contributed by atoms with E-state index in [1.54, 1.807) is 0 Å². The van der Waals surface area contributed by atoms with Crippen LogP contribution in [0.4, 0.5) is 0 Å². The van der Waals surface area contributed by atoms with Crippen LogP contribution in [0.15, 0.2) is 0 Å². The first-order valence-electron chi connectivity index (χ1n) is 10.8. The van der Waals surface area contributed by atoms with Gasteiger partial charge in [0, 0.05) is 18.6 Å². The molecule has 14 heteroatoms. The summed E-state index contributed by atoms with van der Waals surface area (Å²) in [5.41, 5.74) is 29.8. The summed E-state index contributed by atoms with van der Waals surface area (Å²) in [5, 5.41) is 50.7. The zero-order valence-electron chi connectivity index (χ0n) is 17.7. The van der Waals surface area contributed by atoms with Gasteiger partial charge in [-0.1, -0.05) is 0 Å². The monoisotopic (exact) mass is 467 g/mol. The molecule has 3 rings (SSSR count). The van der Waals surface area contributed by atoms with Crippen molar-refractivity contribution in [3.8, 4) is 0 Å². The highest BCUT2D eigenvalue weighted by Crippen LogP contribution is 2.30. The summed E-state index contributed by atoms with van der Waals surface area (Å²) < 4.78 is 22.7. The molecule has 2 heterocycles. The molecule has 188 valence electrons. The summed E-state index contributed by atoms with van der Waals surface area (Å²) >= 11 is 0. The number of hydrogen-bond acceptors (Lipinski definition) is 14. The zero-order chi connectivity index (χ0) is 23.7. The summed E-state index contributed by atoms with van der Waals surface area (Å²) in [6, 6.07) is -3.27. The number of aliphatic hydroxyl groups is 5. The van der Waals surface area contributed by atoms with Gasteiger partial charge >= 0.3 is 0 Å². The van der Waals surface area contributed by atoms with Crippen molar-refractivity contribution in [1.82, 2.24) is 0 Å². The third-order valence-corrected chi connectivity index (χ3v) is 6.41. The van der Waals surface area contributed by atoms with Crippen molar-refractivity contribution in [2.75, 3.05) is 13.2 Å². The van der Waals surface area contributed by atoms with Gasteiger partial charge in [0.1, 0.15) is 36.6 Å². The Bertz CT molecular complexity index is 607. The van der Waals surface area contributed by atoms with Crippen molar-refractivity contribution in [2.24, 2.45) is 28.7 Å². The minimum Gasteiger partial charge on any atom is -0.394 e. The number of nitrogens with two attached hydrogens (primary N) is 5. The van der Waals surface area contributed by atoms with Crippen LogP contribution in [-0.4, -0.2) is 124 Å². The third-order valence-electron chi connectivity index (χ3n) is 6.41. The van der Waals surface area contributed by atoms with Crippen molar-refractivity contribution in [2.45, 2.75) is 98.4 Å². The molecule has 3 aliphatic rings. The van der Waals surface area contributed by atoms with Gasteiger partial charge in [-0.2, -0.15) is 0 Å². The molecule has 1 saturated carbocycles. The smallest absolute Gasteiger partial charge is 0.186 e. The van der Waals surface area contributed by atoms with Crippen molar-refractivity contribution in [1.29, 1.82) is 0 Å². The summed E-state index contributed by atoms with van der Waals surface area (Å²) in [7, 11) is 0. The van der Waals surface area contributed by atoms with Gasteiger partial charge in [-0.25, -0.2) is 0 Å². The van der Waals surface area contributed by atoms with Gasteiger partial charge in [-0.15, -0.1) is 0 Å². The van der Waals surface area contributed by atoms with E-state index in [0.717, 1.165) is 0 Å². The first-order valence-corrected chi connectivity index (χ1v) is 10.8. The highest BCUT2D eigenvalue weighted by Gasteiger charge is 2.50. The van der Waals surface area contributed by atoms with Crippen LogP contribution in [0.1, 0.15) is 12.8 Å². The molecule has 0 aromatic heterocycles. The Morgan fingerprint density at radius 3 is 1.84 bits per heavy atom. The van der Waals surface area contributed by atoms with Crippen LogP contribution in [0.5, 0.6) is 0 Å². The van der Waals surface area contributed by atoms with Crippen LogP contribution in [0.3, 0.4) is 0 Å². The molecule has 2 aliphatic heterocycles. The predicted molar refractivity (Wildman–Crippen MR) is 108 cm³/mol. The molecular formula is C18H37N5O9. The minimum atomic E-state index is -1.44. The molecule has 14 nitrogen and oxygen atoms in total. The van der Waals surface area contributed by atoms with Gasteiger partial charge in [0.05, 0.1) is 30.9 Å². The SMILES string of the molecule is NC[C@@H]1O[C@H](O[C@H]2[C@H](O)[C@H](O[C@H]3O[C@@H](CO)[C@@H](O)[C@@H](N)[C@H]3O)[C@H](N)C[C@@H]2N)[C@H](N)C[C@@H]1O. The molecule has 15 N–H and O–H groups in total. The molecule has 3 fully saturated rings. The van der Waals surface area contributed by atoms with E-state index in [-0.39, 0.29) is 19.4 Å². The molecular weight excluding hydrogens is 430 g/mol. The zero-order valence-corrected chi connectivity index (χ0v) is 17.7. The Labute approximate surface area is 185 Å². The van der Waals surface area contributed by atoms with E-state index in [0.29, 0.717) is 0 Å². The van der Waals surface area contributed by atoms with Crippen LogP contribution in [0.2, 0.25) is 0 Å². The van der Waals surface area contributed by atoms with Gasteiger partial charge < -0.3 is 73.1 Å². The van der Waals surface area contributed by atoms with E-state index in [9.17, 15) is 25.5 Å². The number of hydrogen-bond donors (Lipinski definition) is 10. The van der Waals surface area contributed by atoms with Crippen molar-refractivity contribution in [3.05, 3.63) is 0 Å². The summed E-state index contributed by atoms with van der Waals surface area (Å²) in [5.74, 6) is 0. The van der Waals surface area contributed by atoms with Gasteiger partial charge in [-0.05, 0) is 12.8 Å². The molecule has 0 spiro atoms. The Balaban J connectivity index is 1.70. The second kappa shape index (κ2) is 10.8. The number of rotatable bonds is 6. The maximum absolute atomic E-state index is 11.0. The normalized spacial score (nSPS) is 52.7. The molecule has 1 aliphatic carbocycles. The summed E-state index contributed by atoms with van der Waals surface area (Å²) in [6.07, 6.45) is -10.8. The lowest BCUT2D eigenvalue weighted by molar-refractivity contribution is -0.314. The lowest BCUT2D eigenvalue weighted by atomic mass is 9.84. The van der Waals surface area contributed by atoms with E-state index in [1.165, 1.54) is 0 Å². The van der Waals surface area contributed by atoms with E-state index in [4.69, 9.17) is 47.6 Å². The van der Waals surface area contributed by atoms with Crippen LogP contribution in [-0.2, 0) is 18.9 Å². The average Bonchev–Trinajstić information content (AvgIpc) is 2.75. The lowest BCUT2D eigenvalue weighted by Gasteiger charge is -2.47. The van der Waals surface area contributed by atoms with Crippen LogP contribution >= 0.6 is 0 Å². The Morgan fingerprint density at radius 1 is 0.719 bits per heavy atom. The second-order valence-corrected chi connectivity index (χ2v) is 8.78. The van der Waals surface area contributed by atoms with Gasteiger partial charge in [-0.3, -0.25) is 0 Å². The highest BCUT2D eigenvalue weighted by molar-refractivity contribution is 5.01. The lowest BCUT2D eigenvalue weighted by Crippen LogP contribution is -2.68. The van der Waals surface area contributed by atoms with Gasteiger partial charge in [0.2, 0.25) is 0 Å². The molecule has 0 aromatic rings. The highest BCUT2D eigenvalue weighted by atomic mass is 16.7. The minimum absolute atomic E-state index is 0.0542. The van der Waals surface area contributed by atoms with Crippen molar-refractivity contribution in [3.63, 3.8) is 0 Å². The van der Waals surface area contributed by atoms with Crippen molar-refractivity contribution < 1.29 is 44.5 Å². The first kappa shape index (κ1) is 26.1. The summed E-state index contributed by atoms with van der Waals surface area (Å²) in [4.78, 5) is 0. The van der Waals surface area contributed by atoms with Crippen LogP contribution in [0, 0.1) is 0 Å². The first-order chi connectivity index (χ1) is 15.1. The fraction of sp³-hybridized carbons (Fsp3) is 1.00. The fourth-order valence-corrected chi connectivity index (χ4v) is 4.43. The molecule has 0 bridgehead atoms. The number of ether oxygens (including phenoxy) is 4. The molecule has 0 amide bonds. The second-order valence-electron chi connectivity index (χ2n) is 8.78. The van der Waals surface area contributed by atoms with Crippen LogP contribution < -0.4 is 28.7 Å². The van der Waals surface area contributed by atoms with Gasteiger partial charge in [0.15, 0.2) is 12.6 Å². The Morgan fingerprint density at radius 2 is 1.28 bits per heavy atom. The van der Waals surface area contributed by atoms with Crippen LogP contribution in [0.25, 0.3) is 0 Å². The summed E-state index contributed by atoms with van der Waals surface area (Å²) in [6.45, 7) is -0.499. The van der Waals surface area contributed by atoms with E-state index < -0.39 is 92.2 Å². The molecule has 14 atom stereocenters. The third kappa shape index (κ3) is 5.24. The quantitative estimate of drug-likeness (QED) is 0.174. The Kier molecular flexibility index (Phi) is 8.79. The fourth-order valence-electron chi connectivity index (χ4n) is 4.43. The maximum atomic E-state index is 11.0. The number of aliphatic hydroxyl groups excluding tert-OH is 5. The molecule has 0 unspecified atom stereocenters. The molecule has 0 radical (unpaired) electrons. The van der Waals surface area contributed by atoms with E-state index in [1.807, 2.05) is 0 Å².